The number of esters is 1. The molecule has 0 amide bonds. The maximum absolute atomic E-state index is 11.4. The molecule has 162 valence electrons. The molecule has 0 aliphatic carbocycles. The average molecular weight is 407 g/mol. The van der Waals surface area contributed by atoms with Gasteiger partial charge < -0.3 is 18.9 Å². The minimum Gasteiger partial charge on any atom is -0.493 e. The van der Waals surface area contributed by atoms with Crippen molar-refractivity contribution in [2.24, 2.45) is 0 Å². The Kier molecular flexibility index (Phi) is 11.4. The number of rotatable bonds is 14. The molecule has 0 N–H and O–H groups in total. The number of carbonyl (C=O) groups excluding carboxylic acids is 2. The molecule has 0 radical (unpaired) electrons. The van der Waals surface area contributed by atoms with E-state index in [1.807, 2.05) is 12.1 Å². The summed E-state index contributed by atoms with van der Waals surface area (Å²) in [7, 11) is 0. The molecule has 1 aliphatic heterocycles. The first kappa shape index (κ1) is 23.4. The molecule has 1 saturated heterocycles. The van der Waals surface area contributed by atoms with Crippen LogP contribution in [0.2, 0.25) is 0 Å². The summed E-state index contributed by atoms with van der Waals surface area (Å²) in [5, 5.41) is 0. The zero-order valence-corrected chi connectivity index (χ0v) is 17.5. The number of hydrogen-bond donors (Lipinski definition) is 0. The second-order valence-electron chi connectivity index (χ2n) is 7.26. The normalized spacial score (nSPS) is 16.4. The fourth-order valence-corrected chi connectivity index (χ4v) is 3.01. The van der Waals surface area contributed by atoms with Crippen LogP contribution in [0.25, 0.3) is 0 Å². The number of ether oxygens (including phenoxy) is 4. The molecule has 0 spiro atoms. The molecule has 1 aliphatic rings. The quantitative estimate of drug-likeness (QED) is 0.262. The molecule has 1 heterocycles. The van der Waals surface area contributed by atoms with E-state index in [0.717, 1.165) is 51.1 Å². The van der Waals surface area contributed by atoms with Crippen molar-refractivity contribution < 1.29 is 28.5 Å². The smallest absolute Gasteiger partial charge is 0.313 e. The van der Waals surface area contributed by atoms with Crippen LogP contribution in [-0.2, 0) is 30.2 Å². The number of Topliss-reactive ketones (excluding diaryl/α,β-unsaturated/α-hetero) is 1. The van der Waals surface area contributed by atoms with Crippen LogP contribution in [0.4, 0.5) is 0 Å². The number of hydrogen-bond acceptors (Lipinski definition) is 6. The lowest BCUT2D eigenvalue weighted by Crippen LogP contribution is -2.22. The molecule has 6 heteroatoms. The van der Waals surface area contributed by atoms with Crippen molar-refractivity contribution in [3.8, 4) is 5.75 Å². The van der Waals surface area contributed by atoms with Crippen molar-refractivity contribution in [3.63, 3.8) is 0 Å². The molecule has 2 rings (SSSR count). The van der Waals surface area contributed by atoms with Crippen molar-refractivity contribution in [1.29, 1.82) is 0 Å². The Hall–Kier alpha value is -1.92. The largest absolute Gasteiger partial charge is 0.493 e. The van der Waals surface area contributed by atoms with Gasteiger partial charge in [0, 0.05) is 26.1 Å². The molecule has 1 aromatic carbocycles. The zero-order valence-electron chi connectivity index (χ0n) is 17.5. The van der Waals surface area contributed by atoms with Gasteiger partial charge >= 0.3 is 5.97 Å². The summed E-state index contributed by atoms with van der Waals surface area (Å²) in [6.45, 7) is 4.04. The highest BCUT2D eigenvalue weighted by molar-refractivity contribution is 5.95. The predicted molar refractivity (Wildman–Crippen MR) is 110 cm³/mol. The number of unbranched alkanes of at least 4 members (excludes halogenated alkanes) is 1. The lowest BCUT2D eigenvalue weighted by molar-refractivity contribution is -0.162. The molecule has 0 bridgehead atoms. The highest BCUT2D eigenvalue weighted by Crippen LogP contribution is 2.16. The highest BCUT2D eigenvalue weighted by Gasteiger charge is 2.13. The molecular weight excluding hydrogens is 372 g/mol. The Bertz CT molecular complexity index is 592. The van der Waals surface area contributed by atoms with Crippen molar-refractivity contribution in [3.05, 3.63) is 29.8 Å². The highest BCUT2D eigenvalue weighted by atomic mass is 16.7. The van der Waals surface area contributed by atoms with E-state index >= 15 is 0 Å². The number of aryl methyl sites for hydroxylation is 1. The van der Waals surface area contributed by atoms with Crippen molar-refractivity contribution in [2.75, 3.05) is 26.4 Å². The summed E-state index contributed by atoms with van der Waals surface area (Å²) in [5.74, 6) is 0.244. The van der Waals surface area contributed by atoms with E-state index in [0.29, 0.717) is 19.4 Å². The van der Waals surface area contributed by atoms with Gasteiger partial charge in [0.1, 0.15) is 18.0 Å². The first-order chi connectivity index (χ1) is 14.2. The Morgan fingerprint density at radius 2 is 1.86 bits per heavy atom. The summed E-state index contributed by atoms with van der Waals surface area (Å²) in [4.78, 5) is 22.5. The fraction of sp³-hybridized carbons (Fsp3) is 0.652. The summed E-state index contributed by atoms with van der Waals surface area (Å²) >= 11 is 0. The predicted octanol–water partition coefficient (Wildman–Crippen LogP) is 4.23. The first-order valence-corrected chi connectivity index (χ1v) is 10.8. The van der Waals surface area contributed by atoms with Gasteiger partial charge in [0.05, 0.1) is 13.2 Å². The van der Waals surface area contributed by atoms with Gasteiger partial charge in [0.25, 0.3) is 0 Å². The van der Waals surface area contributed by atoms with Gasteiger partial charge in [0.2, 0.25) is 0 Å². The van der Waals surface area contributed by atoms with Crippen LogP contribution in [0.5, 0.6) is 5.75 Å². The van der Waals surface area contributed by atoms with E-state index in [1.165, 1.54) is 12.0 Å². The topological polar surface area (TPSA) is 71.1 Å². The second kappa shape index (κ2) is 14.1. The van der Waals surface area contributed by atoms with Crippen LogP contribution in [0.15, 0.2) is 24.3 Å². The Morgan fingerprint density at radius 1 is 1.03 bits per heavy atom. The average Bonchev–Trinajstić information content (AvgIpc) is 2.75. The molecule has 1 aromatic rings. The molecule has 29 heavy (non-hydrogen) atoms. The van der Waals surface area contributed by atoms with E-state index < -0.39 is 5.97 Å². The van der Waals surface area contributed by atoms with E-state index in [-0.39, 0.29) is 25.1 Å². The van der Waals surface area contributed by atoms with Crippen LogP contribution in [0, 0.1) is 0 Å². The summed E-state index contributed by atoms with van der Waals surface area (Å²) in [6, 6.07) is 8.09. The van der Waals surface area contributed by atoms with E-state index in [4.69, 9.17) is 18.9 Å². The Labute approximate surface area is 173 Å². The Balaban J connectivity index is 1.49. The second-order valence-corrected chi connectivity index (χ2v) is 7.26. The molecule has 1 atom stereocenters. The van der Waals surface area contributed by atoms with Gasteiger partial charge in [-0.15, -0.1) is 0 Å². The van der Waals surface area contributed by atoms with Crippen LogP contribution >= 0.6 is 0 Å². The van der Waals surface area contributed by atoms with Gasteiger partial charge in [-0.2, -0.15) is 0 Å². The Morgan fingerprint density at radius 3 is 2.59 bits per heavy atom. The zero-order chi connectivity index (χ0) is 20.7. The van der Waals surface area contributed by atoms with Crippen molar-refractivity contribution >= 4 is 11.8 Å². The van der Waals surface area contributed by atoms with E-state index in [1.54, 1.807) is 6.92 Å². The molecular formula is C23H34O6. The van der Waals surface area contributed by atoms with Gasteiger partial charge in [0.15, 0.2) is 6.29 Å². The van der Waals surface area contributed by atoms with Crippen LogP contribution < -0.4 is 4.74 Å². The SMILES string of the molecule is CCC(=O)CC(=O)OCCCOc1ccc(CCCCOC2CCCCO2)cc1. The number of carbonyl (C=O) groups is 2. The van der Waals surface area contributed by atoms with Gasteiger partial charge in [-0.05, 0) is 56.2 Å². The maximum Gasteiger partial charge on any atom is 0.313 e. The van der Waals surface area contributed by atoms with Crippen LogP contribution in [-0.4, -0.2) is 44.5 Å². The first-order valence-electron chi connectivity index (χ1n) is 10.8. The number of ketones is 1. The fourth-order valence-electron chi connectivity index (χ4n) is 3.01. The summed E-state index contributed by atoms with van der Waals surface area (Å²) in [6.07, 6.45) is 7.31. The lowest BCUT2D eigenvalue weighted by atomic mass is 10.1. The molecule has 1 fully saturated rings. The van der Waals surface area contributed by atoms with Crippen LogP contribution in [0.3, 0.4) is 0 Å². The molecule has 0 saturated carbocycles. The molecule has 0 aromatic heterocycles. The summed E-state index contributed by atoms with van der Waals surface area (Å²) in [5.41, 5.74) is 1.28. The van der Waals surface area contributed by atoms with E-state index in [9.17, 15) is 9.59 Å². The maximum atomic E-state index is 11.4. The standard InChI is InChI=1S/C23H34O6/c1-2-20(24)18-22(25)27-17-7-16-26-21-12-10-19(11-13-21)8-3-5-14-28-23-9-4-6-15-29-23/h10-13,23H,2-9,14-18H2,1H3. The summed E-state index contributed by atoms with van der Waals surface area (Å²) < 4.78 is 22.0. The third kappa shape index (κ3) is 10.4. The minimum absolute atomic E-state index is 0.00235. The van der Waals surface area contributed by atoms with Gasteiger partial charge in [-0.1, -0.05) is 19.1 Å². The monoisotopic (exact) mass is 406 g/mol. The van der Waals surface area contributed by atoms with E-state index in [2.05, 4.69) is 12.1 Å². The third-order valence-corrected chi connectivity index (χ3v) is 4.78. The van der Waals surface area contributed by atoms with Gasteiger partial charge in [-0.25, -0.2) is 0 Å². The minimum atomic E-state index is -0.460. The number of benzene rings is 1. The van der Waals surface area contributed by atoms with Crippen molar-refractivity contribution in [1.82, 2.24) is 0 Å². The third-order valence-electron chi connectivity index (χ3n) is 4.78. The molecule has 6 nitrogen and oxygen atoms in total. The lowest BCUT2D eigenvalue weighted by Gasteiger charge is -2.22. The van der Waals surface area contributed by atoms with Crippen molar-refractivity contribution in [2.45, 2.75) is 71.0 Å². The van der Waals surface area contributed by atoms with Gasteiger partial charge in [-0.3, -0.25) is 9.59 Å². The van der Waals surface area contributed by atoms with Crippen LogP contribution in [0.1, 0.15) is 63.9 Å². The molecule has 1 unspecified atom stereocenters.